The summed E-state index contributed by atoms with van der Waals surface area (Å²) in [5.41, 5.74) is 2.56. The van der Waals surface area contributed by atoms with Gasteiger partial charge in [-0.25, -0.2) is 17.5 Å². The van der Waals surface area contributed by atoms with E-state index in [0.717, 1.165) is 29.5 Å². The molecule has 3 rings (SSSR count). The maximum absolute atomic E-state index is 13.1. The standard InChI is InChI=1S/C18H20FNO2S/c1-12-3-10-17(13(2)11-12)23(21,22)20-18(14-4-5-14)15-6-8-16(19)9-7-15/h3,6-11,14,18,20H,4-5H2,1-2H3. The molecule has 2 aromatic carbocycles. The van der Waals surface area contributed by atoms with Crippen molar-refractivity contribution < 1.29 is 12.8 Å². The first-order valence-corrected chi connectivity index (χ1v) is 9.20. The SMILES string of the molecule is Cc1ccc(S(=O)(=O)NC(c2ccc(F)cc2)C2CC2)c(C)c1. The van der Waals surface area contributed by atoms with Crippen LogP contribution < -0.4 is 4.72 Å². The minimum atomic E-state index is -3.61. The number of hydrogen-bond acceptors (Lipinski definition) is 2. The van der Waals surface area contributed by atoms with Crippen molar-refractivity contribution in [3.8, 4) is 0 Å². The molecule has 1 aliphatic rings. The van der Waals surface area contributed by atoms with Gasteiger partial charge in [0.25, 0.3) is 0 Å². The van der Waals surface area contributed by atoms with Crippen molar-refractivity contribution in [3.05, 3.63) is 65.0 Å². The van der Waals surface area contributed by atoms with Crippen molar-refractivity contribution in [3.63, 3.8) is 0 Å². The number of rotatable bonds is 5. The molecule has 0 saturated heterocycles. The lowest BCUT2D eigenvalue weighted by atomic mass is 10.0. The van der Waals surface area contributed by atoms with Gasteiger partial charge in [-0.3, -0.25) is 0 Å². The van der Waals surface area contributed by atoms with Crippen molar-refractivity contribution >= 4 is 10.0 Å². The number of aryl methyl sites for hydroxylation is 2. The summed E-state index contributed by atoms with van der Waals surface area (Å²) in [5, 5.41) is 0. The predicted molar refractivity (Wildman–Crippen MR) is 88.1 cm³/mol. The minimum absolute atomic E-state index is 0.279. The van der Waals surface area contributed by atoms with Gasteiger partial charge in [0.2, 0.25) is 10.0 Å². The first-order valence-electron chi connectivity index (χ1n) is 7.72. The highest BCUT2D eigenvalue weighted by atomic mass is 32.2. The topological polar surface area (TPSA) is 46.2 Å². The summed E-state index contributed by atoms with van der Waals surface area (Å²) in [5.74, 6) is -0.0403. The minimum Gasteiger partial charge on any atom is -0.207 e. The summed E-state index contributed by atoms with van der Waals surface area (Å²) >= 11 is 0. The molecule has 0 aromatic heterocycles. The summed E-state index contributed by atoms with van der Waals surface area (Å²) in [4.78, 5) is 0.302. The van der Waals surface area contributed by atoms with Crippen LogP contribution in [0.1, 0.15) is 35.6 Å². The van der Waals surface area contributed by atoms with E-state index in [-0.39, 0.29) is 17.8 Å². The monoisotopic (exact) mass is 333 g/mol. The molecule has 3 nitrogen and oxygen atoms in total. The molecule has 122 valence electrons. The molecule has 0 bridgehead atoms. The molecule has 2 aromatic rings. The Labute approximate surface area is 136 Å². The van der Waals surface area contributed by atoms with Gasteiger partial charge >= 0.3 is 0 Å². The molecule has 23 heavy (non-hydrogen) atoms. The third-order valence-electron chi connectivity index (χ3n) is 4.22. The normalized spacial score (nSPS) is 16.3. The zero-order chi connectivity index (χ0) is 16.6. The van der Waals surface area contributed by atoms with Gasteiger partial charge in [0, 0.05) is 6.04 Å². The average Bonchev–Trinajstić information content (AvgIpc) is 3.30. The van der Waals surface area contributed by atoms with Crippen LogP contribution in [-0.4, -0.2) is 8.42 Å². The van der Waals surface area contributed by atoms with Crippen molar-refractivity contribution in [2.75, 3.05) is 0 Å². The fraction of sp³-hybridized carbons (Fsp3) is 0.333. The Morgan fingerprint density at radius 1 is 1.09 bits per heavy atom. The van der Waals surface area contributed by atoms with Gasteiger partial charge in [0.05, 0.1) is 4.90 Å². The van der Waals surface area contributed by atoms with Crippen LogP contribution in [0.3, 0.4) is 0 Å². The van der Waals surface area contributed by atoms with Crippen molar-refractivity contribution in [1.29, 1.82) is 0 Å². The second-order valence-corrected chi connectivity index (χ2v) is 7.94. The number of sulfonamides is 1. The van der Waals surface area contributed by atoms with E-state index in [4.69, 9.17) is 0 Å². The maximum atomic E-state index is 13.1. The Morgan fingerprint density at radius 3 is 2.30 bits per heavy atom. The Hall–Kier alpha value is -1.72. The summed E-state index contributed by atoms with van der Waals surface area (Å²) in [6.45, 7) is 3.73. The third kappa shape index (κ3) is 3.62. The zero-order valence-electron chi connectivity index (χ0n) is 13.2. The van der Waals surface area contributed by atoms with E-state index >= 15 is 0 Å². The van der Waals surface area contributed by atoms with Crippen LogP contribution in [0.25, 0.3) is 0 Å². The molecular formula is C18H20FNO2S. The van der Waals surface area contributed by atoms with Crippen LogP contribution in [0.4, 0.5) is 4.39 Å². The zero-order valence-corrected chi connectivity index (χ0v) is 14.0. The predicted octanol–water partition coefficient (Wildman–Crippen LogP) is 3.87. The third-order valence-corrected chi connectivity index (χ3v) is 5.83. The largest absolute Gasteiger partial charge is 0.241 e. The summed E-state index contributed by atoms with van der Waals surface area (Å²) < 4.78 is 41.5. The fourth-order valence-corrected chi connectivity index (χ4v) is 4.39. The van der Waals surface area contributed by atoms with E-state index in [1.54, 1.807) is 31.2 Å². The maximum Gasteiger partial charge on any atom is 0.241 e. The molecule has 1 fully saturated rings. The Balaban J connectivity index is 1.91. The van der Waals surface area contributed by atoms with Gasteiger partial charge in [-0.05, 0) is 61.9 Å². The van der Waals surface area contributed by atoms with Crippen LogP contribution in [0.2, 0.25) is 0 Å². The van der Waals surface area contributed by atoms with E-state index in [0.29, 0.717) is 4.90 Å². The number of nitrogens with one attached hydrogen (secondary N) is 1. The van der Waals surface area contributed by atoms with E-state index in [1.807, 2.05) is 13.0 Å². The van der Waals surface area contributed by atoms with Gasteiger partial charge in [-0.2, -0.15) is 0 Å². The lowest BCUT2D eigenvalue weighted by Gasteiger charge is -2.20. The van der Waals surface area contributed by atoms with Crippen LogP contribution in [0, 0.1) is 25.6 Å². The van der Waals surface area contributed by atoms with Gasteiger partial charge < -0.3 is 0 Å². The lowest BCUT2D eigenvalue weighted by Crippen LogP contribution is -2.30. The van der Waals surface area contributed by atoms with Crippen molar-refractivity contribution in [2.45, 2.75) is 37.6 Å². The van der Waals surface area contributed by atoms with Crippen LogP contribution in [-0.2, 0) is 10.0 Å². The van der Waals surface area contributed by atoms with E-state index in [1.165, 1.54) is 12.1 Å². The first kappa shape index (κ1) is 16.1. The molecule has 0 spiro atoms. The average molecular weight is 333 g/mol. The fourth-order valence-electron chi connectivity index (χ4n) is 2.87. The van der Waals surface area contributed by atoms with Gasteiger partial charge in [0.1, 0.15) is 5.82 Å². The summed E-state index contributed by atoms with van der Waals surface area (Å²) in [6.07, 6.45) is 1.97. The van der Waals surface area contributed by atoms with E-state index in [2.05, 4.69) is 4.72 Å². The molecule has 1 aliphatic carbocycles. The number of hydrogen-bond donors (Lipinski definition) is 1. The molecule has 0 aliphatic heterocycles. The van der Waals surface area contributed by atoms with Crippen LogP contribution >= 0.6 is 0 Å². The van der Waals surface area contributed by atoms with Crippen LogP contribution in [0.5, 0.6) is 0 Å². The molecule has 0 radical (unpaired) electrons. The van der Waals surface area contributed by atoms with Crippen molar-refractivity contribution in [2.24, 2.45) is 5.92 Å². The molecular weight excluding hydrogens is 313 g/mol. The Kier molecular flexibility index (Phi) is 4.25. The van der Waals surface area contributed by atoms with Crippen LogP contribution in [0.15, 0.2) is 47.4 Å². The second kappa shape index (κ2) is 6.06. The van der Waals surface area contributed by atoms with Gasteiger partial charge in [0.15, 0.2) is 0 Å². The molecule has 5 heteroatoms. The van der Waals surface area contributed by atoms with Gasteiger partial charge in [-0.1, -0.05) is 29.8 Å². The summed E-state index contributed by atoms with van der Waals surface area (Å²) in [7, 11) is -3.61. The highest BCUT2D eigenvalue weighted by Crippen LogP contribution is 2.41. The second-order valence-electron chi connectivity index (χ2n) is 6.26. The van der Waals surface area contributed by atoms with E-state index in [9.17, 15) is 12.8 Å². The van der Waals surface area contributed by atoms with Crippen molar-refractivity contribution in [1.82, 2.24) is 4.72 Å². The lowest BCUT2D eigenvalue weighted by molar-refractivity contribution is 0.527. The van der Waals surface area contributed by atoms with E-state index < -0.39 is 10.0 Å². The molecule has 0 heterocycles. The Bertz CT molecular complexity index is 811. The summed E-state index contributed by atoms with van der Waals surface area (Å²) in [6, 6.07) is 11.0. The first-order chi connectivity index (χ1) is 10.9. The molecule has 1 atom stereocenters. The smallest absolute Gasteiger partial charge is 0.207 e. The molecule has 1 saturated carbocycles. The quantitative estimate of drug-likeness (QED) is 0.903. The van der Waals surface area contributed by atoms with Gasteiger partial charge in [-0.15, -0.1) is 0 Å². The molecule has 0 amide bonds. The highest BCUT2D eigenvalue weighted by Gasteiger charge is 2.35. The number of halogens is 1. The Morgan fingerprint density at radius 2 is 1.74 bits per heavy atom. The highest BCUT2D eigenvalue weighted by molar-refractivity contribution is 7.89. The molecule has 1 unspecified atom stereocenters. The number of benzene rings is 2. The molecule has 1 N–H and O–H groups in total.